The van der Waals surface area contributed by atoms with E-state index in [1.165, 1.54) is 17.8 Å². The quantitative estimate of drug-likeness (QED) is 0.904. The van der Waals surface area contributed by atoms with Gasteiger partial charge in [0.2, 0.25) is 0 Å². The highest BCUT2D eigenvalue weighted by atomic mass is 32.1. The number of nitrogens with zero attached hydrogens (tertiary/aromatic N) is 1. The Labute approximate surface area is 116 Å². The van der Waals surface area contributed by atoms with Crippen molar-refractivity contribution < 1.29 is 4.39 Å². The van der Waals surface area contributed by atoms with E-state index in [1.807, 2.05) is 17.5 Å². The lowest BCUT2D eigenvalue weighted by molar-refractivity contribution is 0.460. The first-order valence-electron chi connectivity index (χ1n) is 6.67. The van der Waals surface area contributed by atoms with E-state index < -0.39 is 0 Å². The number of rotatable bonds is 2. The fourth-order valence-electron chi connectivity index (χ4n) is 2.42. The SMILES string of the molecule is Cc1ccc(-c2csc(C3CCCNC3)n2)cc1F. The van der Waals surface area contributed by atoms with Gasteiger partial charge in [-0.15, -0.1) is 11.3 Å². The number of thiazole rings is 1. The van der Waals surface area contributed by atoms with E-state index in [0.717, 1.165) is 24.3 Å². The molecule has 1 atom stereocenters. The number of aromatic nitrogens is 1. The smallest absolute Gasteiger partial charge is 0.126 e. The molecule has 19 heavy (non-hydrogen) atoms. The maximum atomic E-state index is 13.6. The Morgan fingerprint density at radius 2 is 2.32 bits per heavy atom. The van der Waals surface area contributed by atoms with Gasteiger partial charge in [0.25, 0.3) is 0 Å². The van der Waals surface area contributed by atoms with Crippen molar-refractivity contribution in [1.82, 2.24) is 10.3 Å². The minimum atomic E-state index is -0.161. The number of benzene rings is 1. The average molecular weight is 276 g/mol. The van der Waals surface area contributed by atoms with E-state index in [2.05, 4.69) is 10.3 Å². The van der Waals surface area contributed by atoms with Crippen LogP contribution in [0.4, 0.5) is 4.39 Å². The summed E-state index contributed by atoms with van der Waals surface area (Å²) in [6.07, 6.45) is 2.40. The van der Waals surface area contributed by atoms with Crippen molar-refractivity contribution in [3.8, 4) is 11.3 Å². The van der Waals surface area contributed by atoms with Crippen LogP contribution in [0, 0.1) is 12.7 Å². The van der Waals surface area contributed by atoms with Gasteiger partial charge in [0.05, 0.1) is 10.7 Å². The van der Waals surface area contributed by atoms with Gasteiger partial charge in [-0.25, -0.2) is 9.37 Å². The van der Waals surface area contributed by atoms with Crippen LogP contribution < -0.4 is 5.32 Å². The van der Waals surface area contributed by atoms with Gasteiger partial charge in [0, 0.05) is 23.4 Å². The summed E-state index contributed by atoms with van der Waals surface area (Å²) in [6, 6.07) is 5.33. The predicted molar refractivity (Wildman–Crippen MR) is 77.1 cm³/mol. The molecule has 0 amide bonds. The van der Waals surface area contributed by atoms with Gasteiger partial charge in [0.15, 0.2) is 0 Å². The molecule has 1 aliphatic rings. The molecule has 1 saturated heterocycles. The summed E-state index contributed by atoms with van der Waals surface area (Å²) in [4.78, 5) is 4.69. The first-order chi connectivity index (χ1) is 9.24. The molecule has 1 aromatic carbocycles. The average Bonchev–Trinajstić information content (AvgIpc) is 2.93. The zero-order chi connectivity index (χ0) is 13.2. The summed E-state index contributed by atoms with van der Waals surface area (Å²) in [5, 5.41) is 6.61. The summed E-state index contributed by atoms with van der Waals surface area (Å²) >= 11 is 1.69. The van der Waals surface area contributed by atoms with Gasteiger partial charge in [0.1, 0.15) is 5.82 Å². The topological polar surface area (TPSA) is 24.9 Å². The van der Waals surface area contributed by atoms with Crippen LogP contribution in [0.5, 0.6) is 0 Å². The maximum Gasteiger partial charge on any atom is 0.126 e. The van der Waals surface area contributed by atoms with Crippen molar-refractivity contribution in [2.24, 2.45) is 0 Å². The second-order valence-corrected chi connectivity index (χ2v) is 5.97. The standard InChI is InChI=1S/C15H17FN2S/c1-10-4-5-11(7-13(10)16)14-9-19-15(18-14)12-3-2-6-17-8-12/h4-5,7,9,12,17H,2-3,6,8H2,1H3. The molecular formula is C15H17FN2S. The third-order valence-electron chi connectivity index (χ3n) is 3.64. The lowest BCUT2D eigenvalue weighted by Crippen LogP contribution is -2.28. The largest absolute Gasteiger partial charge is 0.316 e. The molecule has 1 unspecified atom stereocenters. The van der Waals surface area contributed by atoms with Gasteiger partial charge >= 0.3 is 0 Å². The molecule has 0 radical (unpaired) electrons. The fraction of sp³-hybridized carbons (Fsp3) is 0.400. The molecule has 0 saturated carbocycles. The highest BCUT2D eigenvalue weighted by molar-refractivity contribution is 7.10. The highest BCUT2D eigenvalue weighted by Gasteiger charge is 2.18. The lowest BCUT2D eigenvalue weighted by Gasteiger charge is -2.20. The van der Waals surface area contributed by atoms with Crippen LogP contribution in [0.2, 0.25) is 0 Å². The number of piperidine rings is 1. The summed E-state index contributed by atoms with van der Waals surface area (Å²) < 4.78 is 13.6. The minimum Gasteiger partial charge on any atom is -0.316 e. The number of aryl methyl sites for hydroxylation is 1. The normalized spacial score (nSPS) is 19.6. The molecular weight excluding hydrogens is 259 g/mol. The van der Waals surface area contributed by atoms with Crippen LogP contribution in [0.3, 0.4) is 0 Å². The molecule has 1 aliphatic heterocycles. The Bertz CT molecular complexity index is 573. The maximum absolute atomic E-state index is 13.6. The predicted octanol–water partition coefficient (Wildman–Crippen LogP) is 3.72. The monoisotopic (exact) mass is 276 g/mol. The van der Waals surface area contributed by atoms with Gasteiger partial charge in [-0.05, 0) is 37.9 Å². The van der Waals surface area contributed by atoms with Crippen LogP contribution in [0.1, 0.15) is 29.3 Å². The Balaban J connectivity index is 1.85. The van der Waals surface area contributed by atoms with Crippen LogP contribution in [-0.2, 0) is 0 Å². The molecule has 2 aromatic rings. The third kappa shape index (κ3) is 2.69. The fourth-order valence-corrected chi connectivity index (χ4v) is 3.39. The summed E-state index contributed by atoms with van der Waals surface area (Å²) in [5.74, 6) is 0.356. The summed E-state index contributed by atoms with van der Waals surface area (Å²) in [7, 11) is 0. The lowest BCUT2D eigenvalue weighted by atomic mass is 10.0. The Morgan fingerprint density at radius 1 is 1.42 bits per heavy atom. The molecule has 2 heterocycles. The van der Waals surface area contributed by atoms with Crippen LogP contribution in [-0.4, -0.2) is 18.1 Å². The summed E-state index contributed by atoms with van der Waals surface area (Å²) in [6.45, 7) is 3.90. The second-order valence-electron chi connectivity index (χ2n) is 5.08. The number of halogens is 1. The molecule has 0 aliphatic carbocycles. The Kier molecular flexibility index (Phi) is 3.62. The zero-order valence-electron chi connectivity index (χ0n) is 10.9. The van der Waals surface area contributed by atoms with Crippen LogP contribution in [0.25, 0.3) is 11.3 Å². The third-order valence-corrected chi connectivity index (χ3v) is 4.64. The molecule has 4 heteroatoms. The van der Waals surface area contributed by atoms with Crippen molar-refractivity contribution >= 4 is 11.3 Å². The molecule has 0 bridgehead atoms. The Morgan fingerprint density at radius 3 is 3.05 bits per heavy atom. The van der Waals surface area contributed by atoms with E-state index in [9.17, 15) is 4.39 Å². The van der Waals surface area contributed by atoms with Crippen molar-refractivity contribution in [2.75, 3.05) is 13.1 Å². The van der Waals surface area contributed by atoms with Gasteiger partial charge in [-0.1, -0.05) is 12.1 Å². The van der Waals surface area contributed by atoms with E-state index in [-0.39, 0.29) is 5.82 Å². The minimum absolute atomic E-state index is 0.161. The van der Waals surface area contributed by atoms with Crippen molar-refractivity contribution in [3.63, 3.8) is 0 Å². The van der Waals surface area contributed by atoms with E-state index in [4.69, 9.17) is 0 Å². The van der Waals surface area contributed by atoms with Crippen LogP contribution >= 0.6 is 11.3 Å². The molecule has 1 aromatic heterocycles. The van der Waals surface area contributed by atoms with E-state index in [1.54, 1.807) is 24.3 Å². The van der Waals surface area contributed by atoms with Crippen molar-refractivity contribution in [2.45, 2.75) is 25.7 Å². The van der Waals surface area contributed by atoms with E-state index >= 15 is 0 Å². The summed E-state index contributed by atoms with van der Waals surface area (Å²) in [5.41, 5.74) is 2.44. The highest BCUT2D eigenvalue weighted by Crippen LogP contribution is 2.30. The zero-order valence-corrected chi connectivity index (χ0v) is 11.8. The molecule has 1 N–H and O–H groups in total. The van der Waals surface area contributed by atoms with Crippen LogP contribution in [0.15, 0.2) is 23.6 Å². The molecule has 0 spiro atoms. The molecule has 3 rings (SSSR count). The second kappa shape index (κ2) is 5.39. The van der Waals surface area contributed by atoms with E-state index in [0.29, 0.717) is 11.5 Å². The van der Waals surface area contributed by atoms with Crippen molar-refractivity contribution in [3.05, 3.63) is 40.0 Å². The molecule has 1 fully saturated rings. The van der Waals surface area contributed by atoms with Gasteiger partial charge in [-0.3, -0.25) is 0 Å². The first-order valence-corrected chi connectivity index (χ1v) is 7.54. The number of hydrogen-bond donors (Lipinski definition) is 1. The number of nitrogens with one attached hydrogen (secondary N) is 1. The first kappa shape index (κ1) is 12.8. The van der Waals surface area contributed by atoms with Gasteiger partial charge < -0.3 is 5.32 Å². The Hall–Kier alpha value is -1.26. The number of hydrogen-bond acceptors (Lipinski definition) is 3. The van der Waals surface area contributed by atoms with Crippen molar-refractivity contribution in [1.29, 1.82) is 0 Å². The molecule has 2 nitrogen and oxygen atoms in total. The van der Waals surface area contributed by atoms with Gasteiger partial charge in [-0.2, -0.15) is 0 Å². The molecule has 100 valence electrons.